The van der Waals surface area contributed by atoms with Crippen LogP contribution in [0.15, 0.2) is 53.5 Å². The Morgan fingerprint density at radius 2 is 1.85 bits per heavy atom. The van der Waals surface area contributed by atoms with Crippen LogP contribution in [0.3, 0.4) is 0 Å². The van der Waals surface area contributed by atoms with Gasteiger partial charge in [-0.1, -0.05) is 43.3 Å². The van der Waals surface area contributed by atoms with Gasteiger partial charge >= 0.3 is 0 Å². The van der Waals surface area contributed by atoms with Crippen LogP contribution >= 0.6 is 0 Å². The minimum absolute atomic E-state index is 0.114. The molecule has 1 unspecified atom stereocenters. The summed E-state index contributed by atoms with van der Waals surface area (Å²) in [6, 6.07) is 15.1. The second-order valence-corrected chi connectivity index (χ2v) is 7.21. The Bertz CT molecular complexity index is 802. The molecular formula is C22H28FN3O. The van der Waals surface area contributed by atoms with Gasteiger partial charge in [0.1, 0.15) is 11.6 Å². The van der Waals surface area contributed by atoms with E-state index in [9.17, 15) is 4.39 Å². The first-order chi connectivity index (χ1) is 13.1. The third kappa shape index (κ3) is 4.41. The van der Waals surface area contributed by atoms with Crippen LogP contribution in [0.1, 0.15) is 36.8 Å². The maximum Gasteiger partial charge on any atom is 0.191 e. The lowest BCUT2D eigenvalue weighted by Crippen LogP contribution is -2.42. The van der Waals surface area contributed by atoms with E-state index in [-0.39, 0.29) is 17.2 Å². The number of hydrogen-bond acceptors (Lipinski definition) is 2. The van der Waals surface area contributed by atoms with Crippen LogP contribution in [-0.4, -0.2) is 33.2 Å². The molecule has 1 saturated carbocycles. The standard InChI is InChI=1S/C22H28FN3O/c1-16(17-8-4-7-11-20(17)27-3)14-25-21(24-2)26-15-22(12-13-22)18-9-5-6-10-19(18)23/h4-11,16H,12-15H2,1-3H3,(H2,24,25,26). The van der Waals surface area contributed by atoms with Crippen LogP contribution < -0.4 is 15.4 Å². The highest BCUT2D eigenvalue weighted by Gasteiger charge is 2.45. The fourth-order valence-electron chi connectivity index (χ4n) is 3.49. The zero-order valence-corrected chi connectivity index (χ0v) is 16.3. The molecule has 2 aromatic carbocycles. The molecule has 2 N–H and O–H groups in total. The van der Waals surface area contributed by atoms with Crippen molar-refractivity contribution in [3.63, 3.8) is 0 Å². The molecule has 1 aliphatic carbocycles. The minimum Gasteiger partial charge on any atom is -0.496 e. The van der Waals surface area contributed by atoms with E-state index in [1.165, 1.54) is 6.07 Å². The fourth-order valence-corrected chi connectivity index (χ4v) is 3.49. The smallest absolute Gasteiger partial charge is 0.191 e. The SMILES string of the molecule is CN=C(NCC(C)c1ccccc1OC)NCC1(c2ccccc2F)CC1. The molecule has 0 aliphatic heterocycles. The fraction of sp³-hybridized carbons (Fsp3) is 0.409. The van der Waals surface area contributed by atoms with Crippen LogP contribution in [0.2, 0.25) is 0 Å². The number of benzene rings is 2. The molecule has 0 heterocycles. The van der Waals surface area contributed by atoms with Crippen LogP contribution in [-0.2, 0) is 5.41 Å². The molecule has 0 aromatic heterocycles. The largest absolute Gasteiger partial charge is 0.496 e. The summed E-state index contributed by atoms with van der Waals surface area (Å²) in [4.78, 5) is 4.31. The Morgan fingerprint density at radius 1 is 1.15 bits per heavy atom. The topological polar surface area (TPSA) is 45.7 Å². The van der Waals surface area contributed by atoms with Gasteiger partial charge < -0.3 is 15.4 Å². The molecule has 2 aromatic rings. The van der Waals surface area contributed by atoms with Crippen molar-refractivity contribution in [1.82, 2.24) is 10.6 Å². The van der Waals surface area contributed by atoms with Crippen molar-refractivity contribution in [2.45, 2.75) is 31.1 Å². The Kier molecular flexibility index (Phi) is 5.99. The quantitative estimate of drug-likeness (QED) is 0.576. The van der Waals surface area contributed by atoms with Gasteiger partial charge in [-0.3, -0.25) is 4.99 Å². The molecule has 27 heavy (non-hydrogen) atoms. The van der Waals surface area contributed by atoms with Crippen LogP contribution in [0.4, 0.5) is 4.39 Å². The number of halogens is 1. The molecule has 1 atom stereocenters. The average molecular weight is 369 g/mol. The molecule has 0 amide bonds. The molecular weight excluding hydrogens is 341 g/mol. The van der Waals surface area contributed by atoms with Gasteiger partial charge in [-0.25, -0.2) is 4.39 Å². The summed E-state index contributed by atoms with van der Waals surface area (Å²) in [7, 11) is 3.45. The van der Waals surface area contributed by atoms with E-state index in [2.05, 4.69) is 28.6 Å². The van der Waals surface area contributed by atoms with Crippen molar-refractivity contribution < 1.29 is 9.13 Å². The number of guanidine groups is 1. The minimum atomic E-state index is -0.121. The zero-order valence-electron chi connectivity index (χ0n) is 16.3. The van der Waals surface area contributed by atoms with E-state index < -0.39 is 0 Å². The molecule has 5 heteroatoms. The van der Waals surface area contributed by atoms with Gasteiger partial charge in [0, 0.05) is 31.5 Å². The maximum atomic E-state index is 14.2. The highest BCUT2D eigenvalue weighted by molar-refractivity contribution is 5.80. The molecule has 0 spiro atoms. The first kappa shape index (κ1) is 19.2. The Hall–Kier alpha value is -2.56. The Labute approximate surface area is 160 Å². The van der Waals surface area contributed by atoms with Crippen molar-refractivity contribution >= 4 is 5.96 Å². The summed E-state index contributed by atoms with van der Waals surface area (Å²) >= 11 is 0. The van der Waals surface area contributed by atoms with E-state index in [1.54, 1.807) is 20.2 Å². The third-order valence-corrected chi connectivity index (χ3v) is 5.36. The van der Waals surface area contributed by atoms with Crippen molar-refractivity contribution in [2.24, 2.45) is 4.99 Å². The van der Waals surface area contributed by atoms with E-state index in [4.69, 9.17) is 4.74 Å². The van der Waals surface area contributed by atoms with Crippen LogP contribution in [0.25, 0.3) is 0 Å². The number of methoxy groups -OCH3 is 1. The van der Waals surface area contributed by atoms with Gasteiger partial charge in [0.2, 0.25) is 0 Å². The van der Waals surface area contributed by atoms with Crippen molar-refractivity contribution in [1.29, 1.82) is 0 Å². The van der Waals surface area contributed by atoms with Crippen LogP contribution in [0.5, 0.6) is 5.75 Å². The zero-order chi connectivity index (χ0) is 19.3. The van der Waals surface area contributed by atoms with E-state index >= 15 is 0 Å². The van der Waals surface area contributed by atoms with Crippen LogP contribution in [0, 0.1) is 5.82 Å². The number of ether oxygens (including phenoxy) is 1. The second-order valence-electron chi connectivity index (χ2n) is 7.21. The first-order valence-electron chi connectivity index (χ1n) is 9.42. The van der Waals surface area contributed by atoms with E-state index in [0.717, 1.165) is 42.2 Å². The third-order valence-electron chi connectivity index (χ3n) is 5.36. The maximum absolute atomic E-state index is 14.2. The number of aliphatic imine (C=N–C) groups is 1. The lowest BCUT2D eigenvalue weighted by molar-refractivity contribution is 0.406. The lowest BCUT2D eigenvalue weighted by Gasteiger charge is -2.21. The van der Waals surface area contributed by atoms with Gasteiger partial charge in [0.25, 0.3) is 0 Å². The summed E-state index contributed by atoms with van der Waals surface area (Å²) < 4.78 is 19.6. The van der Waals surface area contributed by atoms with Crippen molar-refractivity contribution in [2.75, 3.05) is 27.2 Å². The molecule has 1 aliphatic rings. The first-order valence-corrected chi connectivity index (χ1v) is 9.42. The normalized spacial score (nSPS) is 16.5. The number of nitrogens with zero attached hydrogens (tertiary/aromatic N) is 1. The summed E-state index contributed by atoms with van der Waals surface area (Å²) in [5.41, 5.74) is 1.85. The monoisotopic (exact) mass is 369 g/mol. The lowest BCUT2D eigenvalue weighted by atomic mass is 9.95. The molecule has 3 rings (SSSR count). The molecule has 1 fully saturated rings. The molecule has 0 radical (unpaired) electrons. The van der Waals surface area contributed by atoms with Crippen molar-refractivity contribution in [3.05, 3.63) is 65.5 Å². The van der Waals surface area contributed by atoms with Gasteiger partial charge in [-0.2, -0.15) is 0 Å². The van der Waals surface area contributed by atoms with Gasteiger partial charge in [-0.05, 0) is 36.1 Å². The average Bonchev–Trinajstić information content (AvgIpc) is 3.49. The number of hydrogen-bond donors (Lipinski definition) is 2. The second kappa shape index (κ2) is 8.42. The number of para-hydroxylation sites is 1. The van der Waals surface area contributed by atoms with Gasteiger partial charge in [0.15, 0.2) is 5.96 Å². The molecule has 4 nitrogen and oxygen atoms in total. The van der Waals surface area contributed by atoms with E-state index in [1.807, 2.05) is 30.3 Å². The molecule has 0 saturated heterocycles. The number of rotatable bonds is 7. The summed E-state index contributed by atoms with van der Waals surface area (Å²) in [6.07, 6.45) is 1.99. The Balaban J connectivity index is 1.57. The Morgan fingerprint density at radius 3 is 2.52 bits per heavy atom. The molecule has 144 valence electrons. The molecule has 0 bridgehead atoms. The highest BCUT2D eigenvalue weighted by atomic mass is 19.1. The number of nitrogens with one attached hydrogen (secondary N) is 2. The van der Waals surface area contributed by atoms with E-state index in [0.29, 0.717) is 6.54 Å². The summed E-state index contributed by atoms with van der Waals surface area (Å²) in [5, 5.41) is 6.75. The van der Waals surface area contributed by atoms with Crippen molar-refractivity contribution in [3.8, 4) is 5.75 Å². The predicted molar refractivity (Wildman–Crippen MR) is 108 cm³/mol. The van der Waals surface area contributed by atoms with Gasteiger partial charge in [-0.15, -0.1) is 0 Å². The predicted octanol–water partition coefficient (Wildman–Crippen LogP) is 3.83. The summed E-state index contributed by atoms with van der Waals surface area (Å²) in [5.74, 6) is 1.77. The summed E-state index contributed by atoms with van der Waals surface area (Å²) in [6.45, 7) is 3.56. The van der Waals surface area contributed by atoms with Gasteiger partial charge in [0.05, 0.1) is 7.11 Å². The highest BCUT2D eigenvalue weighted by Crippen LogP contribution is 2.48.